The molecular formula is C10H14O2. The van der Waals surface area contributed by atoms with Crippen LogP contribution in [0.4, 0.5) is 0 Å². The van der Waals surface area contributed by atoms with Gasteiger partial charge in [0.25, 0.3) is 0 Å². The lowest BCUT2D eigenvalue weighted by molar-refractivity contribution is -0.123. The highest BCUT2D eigenvalue weighted by atomic mass is 16.1. The minimum atomic E-state index is 0.00361. The van der Waals surface area contributed by atoms with E-state index in [1.54, 1.807) is 6.92 Å². The highest BCUT2D eigenvalue weighted by molar-refractivity contribution is 5.89. The van der Waals surface area contributed by atoms with Crippen LogP contribution < -0.4 is 0 Å². The monoisotopic (exact) mass is 166 g/mol. The van der Waals surface area contributed by atoms with Gasteiger partial charge in [-0.15, -0.1) is 0 Å². The maximum Gasteiger partial charge on any atom is 0.146 e. The number of Topliss-reactive ketones (excluding diaryl/α,β-unsaturated/α-hetero) is 2. The van der Waals surface area contributed by atoms with Gasteiger partial charge in [0.15, 0.2) is 0 Å². The molecule has 2 unspecified atom stereocenters. The number of ketones is 2. The second kappa shape index (κ2) is 3.65. The summed E-state index contributed by atoms with van der Waals surface area (Å²) in [5.41, 5.74) is 0. The molecule has 0 amide bonds. The topological polar surface area (TPSA) is 34.1 Å². The molecular weight excluding hydrogens is 152 g/mol. The van der Waals surface area contributed by atoms with Crippen LogP contribution in [0.25, 0.3) is 0 Å². The summed E-state index contributed by atoms with van der Waals surface area (Å²) in [7, 11) is 0. The van der Waals surface area contributed by atoms with Gasteiger partial charge >= 0.3 is 0 Å². The van der Waals surface area contributed by atoms with Crippen molar-refractivity contribution in [3.05, 3.63) is 12.2 Å². The minimum absolute atomic E-state index is 0.00361. The Morgan fingerprint density at radius 1 is 1.50 bits per heavy atom. The average molecular weight is 166 g/mol. The van der Waals surface area contributed by atoms with Gasteiger partial charge in [0.05, 0.1) is 0 Å². The summed E-state index contributed by atoms with van der Waals surface area (Å²) in [4.78, 5) is 22.0. The summed E-state index contributed by atoms with van der Waals surface area (Å²) in [5, 5.41) is 0. The van der Waals surface area contributed by atoms with Crippen LogP contribution in [0.1, 0.15) is 26.7 Å². The van der Waals surface area contributed by atoms with Gasteiger partial charge in [0.1, 0.15) is 11.6 Å². The van der Waals surface area contributed by atoms with Crippen LogP contribution in [0, 0.1) is 11.8 Å². The number of hydrogen-bond donors (Lipinski definition) is 0. The summed E-state index contributed by atoms with van der Waals surface area (Å²) < 4.78 is 0. The average Bonchev–Trinajstić information content (AvgIpc) is 2.30. The Balaban J connectivity index is 2.40. The molecule has 0 heterocycles. The zero-order chi connectivity index (χ0) is 9.14. The van der Waals surface area contributed by atoms with Crippen molar-refractivity contribution in [2.45, 2.75) is 26.7 Å². The van der Waals surface area contributed by atoms with Gasteiger partial charge in [-0.2, -0.15) is 0 Å². The molecule has 12 heavy (non-hydrogen) atoms. The lowest BCUT2D eigenvalue weighted by Crippen LogP contribution is -2.13. The van der Waals surface area contributed by atoms with Crippen molar-refractivity contribution in [2.75, 3.05) is 0 Å². The molecule has 1 aliphatic rings. The molecule has 1 rings (SSSR count). The van der Waals surface area contributed by atoms with Gasteiger partial charge in [0, 0.05) is 18.3 Å². The third kappa shape index (κ3) is 2.03. The van der Waals surface area contributed by atoms with Gasteiger partial charge in [-0.05, 0) is 13.3 Å². The minimum Gasteiger partial charge on any atom is -0.300 e. The fraction of sp³-hybridized carbons (Fsp3) is 0.600. The summed E-state index contributed by atoms with van der Waals surface area (Å²) >= 11 is 0. The third-order valence-corrected chi connectivity index (χ3v) is 2.25. The summed E-state index contributed by atoms with van der Waals surface area (Å²) in [6.45, 7) is 3.46. The summed E-state index contributed by atoms with van der Waals surface area (Å²) in [5.74, 6) is 0.484. The van der Waals surface area contributed by atoms with Crippen LogP contribution in [-0.2, 0) is 9.59 Å². The maximum atomic E-state index is 11.3. The zero-order valence-electron chi connectivity index (χ0n) is 7.54. The van der Waals surface area contributed by atoms with Crippen LogP contribution in [0.5, 0.6) is 0 Å². The second-order valence-corrected chi connectivity index (χ2v) is 3.42. The fourth-order valence-corrected chi connectivity index (χ4v) is 1.43. The molecule has 0 aromatic carbocycles. The van der Waals surface area contributed by atoms with Crippen LogP contribution in [0.15, 0.2) is 12.2 Å². The van der Waals surface area contributed by atoms with Crippen molar-refractivity contribution >= 4 is 11.6 Å². The molecule has 0 fully saturated rings. The molecule has 0 spiro atoms. The highest BCUT2D eigenvalue weighted by Gasteiger charge is 2.25. The standard InChI is InChI=1S/C10H14O2/c1-7-3-5-9(10(7)12)6-4-8(2)11/h3,5,7,9H,4,6H2,1-2H3. The largest absolute Gasteiger partial charge is 0.300 e. The normalized spacial score (nSPS) is 28.0. The molecule has 0 aliphatic heterocycles. The molecule has 0 saturated heterocycles. The van der Waals surface area contributed by atoms with E-state index in [2.05, 4.69) is 0 Å². The Hall–Kier alpha value is -0.920. The van der Waals surface area contributed by atoms with E-state index in [9.17, 15) is 9.59 Å². The molecule has 1 aliphatic carbocycles. The van der Waals surface area contributed by atoms with E-state index in [1.165, 1.54) is 0 Å². The Kier molecular flexibility index (Phi) is 2.79. The van der Waals surface area contributed by atoms with Gasteiger partial charge < -0.3 is 4.79 Å². The molecule has 2 nitrogen and oxygen atoms in total. The summed E-state index contributed by atoms with van der Waals surface area (Å²) in [6, 6.07) is 0. The Labute approximate surface area is 72.7 Å². The highest BCUT2D eigenvalue weighted by Crippen LogP contribution is 2.22. The van der Waals surface area contributed by atoms with E-state index in [-0.39, 0.29) is 23.4 Å². The van der Waals surface area contributed by atoms with Crippen molar-refractivity contribution in [3.63, 3.8) is 0 Å². The maximum absolute atomic E-state index is 11.3. The quantitative estimate of drug-likeness (QED) is 0.598. The predicted molar refractivity (Wildman–Crippen MR) is 46.7 cm³/mol. The third-order valence-electron chi connectivity index (χ3n) is 2.25. The number of rotatable bonds is 3. The van der Waals surface area contributed by atoms with Crippen LogP contribution in [0.2, 0.25) is 0 Å². The molecule has 0 aromatic heterocycles. The fourth-order valence-electron chi connectivity index (χ4n) is 1.43. The lowest BCUT2D eigenvalue weighted by Gasteiger charge is -2.05. The molecule has 0 bridgehead atoms. The van der Waals surface area contributed by atoms with Crippen molar-refractivity contribution < 1.29 is 9.59 Å². The number of carbonyl (C=O) groups is 2. The number of carbonyl (C=O) groups excluding carboxylic acids is 2. The van der Waals surface area contributed by atoms with Crippen LogP contribution in [0.3, 0.4) is 0 Å². The van der Waals surface area contributed by atoms with E-state index < -0.39 is 0 Å². The van der Waals surface area contributed by atoms with Crippen molar-refractivity contribution in [3.8, 4) is 0 Å². The van der Waals surface area contributed by atoms with E-state index in [1.807, 2.05) is 19.1 Å². The first-order valence-corrected chi connectivity index (χ1v) is 4.32. The van der Waals surface area contributed by atoms with Gasteiger partial charge in [-0.1, -0.05) is 19.1 Å². The van der Waals surface area contributed by atoms with Gasteiger partial charge in [-0.25, -0.2) is 0 Å². The SMILES string of the molecule is CC(=O)CCC1C=CC(C)C1=O. The number of allylic oxidation sites excluding steroid dienone is 2. The molecule has 0 radical (unpaired) electrons. The van der Waals surface area contributed by atoms with Crippen LogP contribution in [-0.4, -0.2) is 11.6 Å². The first-order valence-electron chi connectivity index (χ1n) is 4.32. The van der Waals surface area contributed by atoms with Crippen molar-refractivity contribution in [2.24, 2.45) is 11.8 Å². The van der Waals surface area contributed by atoms with Gasteiger partial charge in [-0.3, -0.25) is 4.79 Å². The summed E-state index contributed by atoms with van der Waals surface area (Å²) in [6.07, 6.45) is 5.06. The van der Waals surface area contributed by atoms with E-state index >= 15 is 0 Å². The lowest BCUT2D eigenvalue weighted by atomic mass is 9.97. The molecule has 2 atom stereocenters. The Morgan fingerprint density at radius 2 is 2.17 bits per heavy atom. The predicted octanol–water partition coefficient (Wildman–Crippen LogP) is 1.75. The Morgan fingerprint density at radius 3 is 2.58 bits per heavy atom. The first-order chi connectivity index (χ1) is 5.61. The Bertz CT molecular complexity index is 228. The van der Waals surface area contributed by atoms with E-state index in [0.29, 0.717) is 12.8 Å². The molecule has 66 valence electrons. The number of hydrogen-bond acceptors (Lipinski definition) is 2. The van der Waals surface area contributed by atoms with E-state index in [4.69, 9.17) is 0 Å². The zero-order valence-corrected chi connectivity index (χ0v) is 7.54. The van der Waals surface area contributed by atoms with Crippen LogP contribution >= 0.6 is 0 Å². The molecule has 0 saturated carbocycles. The molecule has 2 heteroatoms. The smallest absolute Gasteiger partial charge is 0.146 e. The molecule has 0 N–H and O–H groups in total. The van der Waals surface area contributed by atoms with Crippen molar-refractivity contribution in [1.29, 1.82) is 0 Å². The van der Waals surface area contributed by atoms with Crippen molar-refractivity contribution in [1.82, 2.24) is 0 Å². The van der Waals surface area contributed by atoms with Gasteiger partial charge in [0.2, 0.25) is 0 Å². The first kappa shape index (κ1) is 9.17. The molecule has 0 aromatic rings. The van der Waals surface area contributed by atoms with E-state index in [0.717, 1.165) is 0 Å². The second-order valence-electron chi connectivity index (χ2n) is 3.42.